The van der Waals surface area contributed by atoms with Gasteiger partial charge in [-0.1, -0.05) is 18.2 Å². The maximum Gasteiger partial charge on any atom is 0.319 e. The van der Waals surface area contributed by atoms with Crippen molar-refractivity contribution in [1.82, 2.24) is 5.32 Å². The highest BCUT2D eigenvalue weighted by atomic mass is 16.5. The predicted molar refractivity (Wildman–Crippen MR) is 86.6 cm³/mol. The van der Waals surface area contributed by atoms with Crippen LogP contribution in [-0.4, -0.2) is 26.3 Å². The first-order chi connectivity index (χ1) is 10.8. The van der Waals surface area contributed by atoms with Crippen LogP contribution in [-0.2, 0) is 0 Å². The topological polar surface area (TPSA) is 59.6 Å². The molecular formula is C17H20N2O3. The number of rotatable bonds is 7. The van der Waals surface area contributed by atoms with E-state index in [1.165, 1.54) is 0 Å². The molecule has 0 heterocycles. The van der Waals surface area contributed by atoms with E-state index in [1.807, 2.05) is 30.3 Å². The van der Waals surface area contributed by atoms with Gasteiger partial charge >= 0.3 is 6.03 Å². The Morgan fingerprint density at radius 1 is 1.00 bits per heavy atom. The lowest BCUT2D eigenvalue weighted by Crippen LogP contribution is -2.30. The van der Waals surface area contributed by atoms with Crippen molar-refractivity contribution < 1.29 is 14.3 Å². The summed E-state index contributed by atoms with van der Waals surface area (Å²) < 4.78 is 10.6. The first kappa shape index (κ1) is 15.7. The molecule has 0 fully saturated rings. The minimum absolute atomic E-state index is 0.232. The van der Waals surface area contributed by atoms with Crippen LogP contribution in [0.4, 0.5) is 10.5 Å². The summed E-state index contributed by atoms with van der Waals surface area (Å²) in [6.07, 6.45) is 0.741. The Labute approximate surface area is 130 Å². The first-order valence-corrected chi connectivity index (χ1v) is 7.14. The Balaban J connectivity index is 1.61. The summed E-state index contributed by atoms with van der Waals surface area (Å²) in [7, 11) is 1.60. The Morgan fingerprint density at radius 2 is 1.73 bits per heavy atom. The van der Waals surface area contributed by atoms with Gasteiger partial charge < -0.3 is 20.1 Å². The average Bonchev–Trinajstić information content (AvgIpc) is 2.56. The number of hydrogen-bond donors (Lipinski definition) is 2. The van der Waals surface area contributed by atoms with Crippen molar-refractivity contribution in [3.63, 3.8) is 0 Å². The second-order valence-corrected chi connectivity index (χ2v) is 4.62. The molecule has 0 saturated carbocycles. The van der Waals surface area contributed by atoms with E-state index in [0.29, 0.717) is 13.2 Å². The molecule has 2 aromatic rings. The third-order valence-electron chi connectivity index (χ3n) is 2.97. The Kier molecular flexibility index (Phi) is 6.11. The van der Waals surface area contributed by atoms with E-state index in [1.54, 1.807) is 31.4 Å². The standard InChI is InChI=1S/C17H20N2O3/c1-21-15-10-8-14(9-11-15)19-17(20)18-12-5-13-22-16-6-3-2-4-7-16/h2-4,6-11H,5,12-13H2,1H3,(H2,18,19,20). The minimum atomic E-state index is -0.232. The molecular weight excluding hydrogens is 280 g/mol. The zero-order valence-electron chi connectivity index (χ0n) is 12.5. The molecule has 0 atom stereocenters. The minimum Gasteiger partial charge on any atom is -0.497 e. The molecule has 0 aliphatic rings. The smallest absolute Gasteiger partial charge is 0.319 e. The van der Waals surface area contributed by atoms with Gasteiger partial charge in [-0.05, 0) is 42.8 Å². The van der Waals surface area contributed by atoms with Crippen LogP contribution in [0.1, 0.15) is 6.42 Å². The van der Waals surface area contributed by atoms with Crippen molar-refractivity contribution in [3.05, 3.63) is 54.6 Å². The molecule has 0 radical (unpaired) electrons. The quantitative estimate of drug-likeness (QED) is 0.771. The van der Waals surface area contributed by atoms with Crippen molar-refractivity contribution in [3.8, 4) is 11.5 Å². The summed E-state index contributed by atoms with van der Waals surface area (Å²) >= 11 is 0. The number of carbonyl (C=O) groups is 1. The number of carbonyl (C=O) groups excluding carboxylic acids is 1. The number of methoxy groups -OCH3 is 1. The lowest BCUT2D eigenvalue weighted by molar-refractivity contribution is 0.250. The van der Waals surface area contributed by atoms with Crippen LogP contribution in [0.2, 0.25) is 0 Å². The highest BCUT2D eigenvalue weighted by Gasteiger charge is 2.01. The summed E-state index contributed by atoms with van der Waals surface area (Å²) in [6, 6.07) is 16.5. The Bertz CT molecular complexity index is 570. The summed E-state index contributed by atoms with van der Waals surface area (Å²) in [4.78, 5) is 11.7. The largest absolute Gasteiger partial charge is 0.497 e. The molecule has 5 heteroatoms. The summed E-state index contributed by atoms with van der Waals surface area (Å²) in [5.41, 5.74) is 0.721. The van der Waals surface area contributed by atoms with Gasteiger partial charge in [0.15, 0.2) is 0 Å². The van der Waals surface area contributed by atoms with Gasteiger partial charge in [0.2, 0.25) is 0 Å². The zero-order valence-corrected chi connectivity index (χ0v) is 12.5. The predicted octanol–water partition coefficient (Wildman–Crippen LogP) is 3.29. The molecule has 2 amide bonds. The van der Waals surface area contributed by atoms with Gasteiger partial charge in [0.05, 0.1) is 13.7 Å². The van der Waals surface area contributed by atoms with Crippen LogP contribution in [0.3, 0.4) is 0 Å². The van der Waals surface area contributed by atoms with Crippen LogP contribution >= 0.6 is 0 Å². The number of anilines is 1. The number of amides is 2. The number of benzene rings is 2. The van der Waals surface area contributed by atoms with E-state index in [2.05, 4.69) is 10.6 Å². The molecule has 0 aliphatic carbocycles. The highest BCUT2D eigenvalue weighted by molar-refractivity contribution is 5.89. The van der Waals surface area contributed by atoms with E-state index >= 15 is 0 Å². The number of nitrogens with one attached hydrogen (secondary N) is 2. The van der Waals surface area contributed by atoms with Gasteiger partial charge in [-0.15, -0.1) is 0 Å². The molecule has 0 aromatic heterocycles. The van der Waals surface area contributed by atoms with Crippen LogP contribution in [0, 0.1) is 0 Å². The van der Waals surface area contributed by atoms with E-state index in [4.69, 9.17) is 9.47 Å². The fraction of sp³-hybridized carbons (Fsp3) is 0.235. The average molecular weight is 300 g/mol. The van der Waals surface area contributed by atoms with Crippen molar-refractivity contribution in [1.29, 1.82) is 0 Å². The van der Waals surface area contributed by atoms with Crippen LogP contribution in [0.5, 0.6) is 11.5 Å². The summed E-state index contributed by atoms with van der Waals surface area (Å²) in [5, 5.41) is 5.54. The normalized spacial score (nSPS) is 9.86. The molecule has 0 spiro atoms. The van der Waals surface area contributed by atoms with E-state index in [9.17, 15) is 4.79 Å². The molecule has 5 nitrogen and oxygen atoms in total. The van der Waals surface area contributed by atoms with Crippen molar-refractivity contribution in [2.75, 3.05) is 25.6 Å². The molecule has 22 heavy (non-hydrogen) atoms. The van der Waals surface area contributed by atoms with Gasteiger partial charge in [0.1, 0.15) is 11.5 Å². The fourth-order valence-corrected chi connectivity index (χ4v) is 1.83. The fourth-order valence-electron chi connectivity index (χ4n) is 1.83. The lowest BCUT2D eigenvalue weighted by Gasteiger charge is -2.09. The molecule has 0 bridgehead atoms. The first-order valence-electron chi connectivity index (χ1n) is 7.14. The molecule has 2 N–H and O–H groups in total. The lowest BCUT2D eigenvalue weighted by atomic mass is 10.3. The van der Waals surface area contributed by atoms with Gasteiger partial charge in [0.25, 0.3) is 0 Å². The van der Waals surface area contributed by atoms with Crippen molar-refractivity contribution in [2.24, 2.45) is 0 Å². The maximum absolute atomic E-state index is 11.7. The number of urea groups is 1. The van der Waals surface area contributed by atoms with Crippen LogP contribution in [0.15, 0.2) is 54.6 Å². The highest BCUT2D eigenvalue weighted by Crippen LogP contribution is 2.14. The third-order valence-corrected chi connectivity index (χ3v) is 2.97. The second-order valence-electron chi connectivity index (χ2n) is 4.62. The molecule has 2 rings (SSSR count). The number of hydrogen-bond acceptors (Lipinski definition) is 3. The van der Waals surface area contributed by atoms with E-state index in [-0.39, 0.29) is 6.03 Å². The molecule has 2 aromatic carbocycles. The molecule has 0 saturated heterocycles. The maximum atomic E-state index is 11.7. The molecule has 0 aliphatic heterocycles. The zero-order chi connectivity index (χ0) is 15.6. The molecule has 0 unspecified atom stereocenters. The van der Waals surface area contributed by atoms with Crippen molar-refractivity contribution in [2.45, 2.75) is 6.42 Å². The third kappa shape index (κ3) is 5.36. The van der Waals surface area contributed by atoms with Gasteiger partial charge in [-0.3, -0.25) is 0 Å². The van der Waals surface area contributed by atoms with E-state index < -0.39 is 0 Å². The molecule has 116 valence electrons. The summed E-state index contributed by atoms with van der Waals surface area (Å²) in [5.74, 6) is 1.59. The second kappa shape index (κ2) is 8.56. The van der Waals surface area contributed by atoms with Crippen molar-refractivity contribution >= 4 is 11.7 Å². The van der Waals surface area contributed by atoms with Gasteiger partial charge in [-0.2, -0.15) is 0 Å². The van der Waals surface area contributed by atoms with Gasteiger partial charge in [-0.25, -0.2) is 4.79 Å². The van der Waals surface area contributed by atoms with E-state index in [0.717, 1.165) is 23.6 Å². The van der Waals surface area contributed by atoms with Crippen LogP contribution in [0.25, 0.3) is 0 Å². The van der Waals surface area contributed by atoms with Crippen LogP contribution < -0.4 is 20.1 Å². The van der Waals surface area contributed by atoms with Gasteiger partial charge in [0, 0.05) is 12.2 Å². The summed E-state index contributed by atoms with van der Waals surface area (Å²) in [6.45, 7) is 1.11. The number of ether oxygens (including phenoxy) is 2. The monoisotopic (exact) mass is 300 g/mol. The number of para-hydroxylation sites is 1. The Morgan fingerprint density at radius 3 is 2.41 bits per heavy atom. The SMILES string of the molecule is COc1ccc(NC(=O)NCCCOc2ccccc2)cc1. The Hall–Kier alpha value is -2.69.